The van der Waals surface area contributed by atoms with Gasteiger partial charge in [-0.25, -0.2) is 18.2 Å². The van der Waals surface area contributed by atoms with Crippen LogP contribution in [0.3, 0.4) is 0 Å². The van der Waals surface area contributed by atoms with Gasteiger partial charge in [-0.2, -0.15) is 18.3 Å². The van der Waals surface area contributed by atoms with Gasteiger partial charge in [0.25, 0.3) is 0 Å². The molecule has 1 aliphatic rings. The molecule has 6 nitrogen and oxygen atoms in total. The Bertz CT molecular complexity index is 1110. The Hall–Kier alpha value is -2.85. The molecule has 0 bridgehead atoms. The molecular weight excluding hydrogens is 395 g/mol. The van der Waals surface area contributed by atoms with E-state index in [0.29, 0.717) is 12.2 Å². The minimum Gasteiger partial charge on any atom is -0.483 e. The van der Waals surface area contributed by atoms with Crippen molar-refractivity contribution in [1.29, 1.82) is 0 Å². The number of ether oxygens (including phenoxy) is 1. The summed E-state index contributed by atoms with van der Waals surface area (Å²) in [5.41, 5.74) is 0.306. The third-order valence-electron chi connectivity index (χ3n) is 4.41. The molecule has 4 rings (SSSR count). The predicted molar refractivity (Wildman–Crippen MR) is 93.5 cm³/mol. The van der Waals surface area contributed by atoms with Crippen molar-refractivity contribution in [2.45, 2.75) is 23.6 Å². The summed E-state index contributed by atoms with van der Waals surface area (Å²) in [6.45, 7) is 0. The van der Waals surface area contributed by atoms with E-state index in [-0.39, 0.29) is 16.3 Å². The van der Waals surface area contributed by atoms with Crippen LogP contribution >= 0.6 is 0 Å². The third-order valence-corrected chi connectivity index (χ3v) is 5.34. The Morgan fingerprint density at radius 1 is 1.11 bits per heavy atom. The van der Waals surface area contributed by atoms with Crippen LogP contribution in [0.1, 0.15) is 23.1 Å². The molecule has 28 heavy (non-hydrogen) atoms. The Labute approximate surface area is 158 Å². The highest BCUT2D eigenvalue weighted by Gasteiger charge is 2.37. The molecular formula is C18H14F3N3O3S. The highest BCUT2D eigenvalue weighted by molar-refractivity contribution is 7.89. The number of nitrogens with zero attached hydrogens (tertiary/aromatic N) is 2. The summed E-state index contributed by atoms with van der Waals surface area (Å²) in [5.74, 6) is 0.610. The maximum Gasteiger partial charge on any atom is 0.435 e. The van der Waals surface area contributed by atoms with Gasteiger partial charge in [-0.1, -0.05) is 18.2 Å². The second kappa shape index (κ2) is 6.35. The van der Waals surface area contributed by atoms with Crippen molar-refractivity contribution in [3.8, 4) is 11.4 Å². The monoisotopic (exact) mass is 409 g/mol. The van der Waals surface area contributed by atoms with Gasteiger partial charge in [0.2, 0.25) is 10.0 Å². The number of primary sulfonamides is 1. The second-order valence-electron chi connectivity index (χ2n) is 6.32. The van der Waals surface area contributed by atoms with Gasteiger partial charge in [0.15, 0.2) is 5.69 Å². The fourth-order valence-electron chi connectivity index (χ4n) is 3.09. The number of alkyl halides is 3. The molecule has 1 atom stereocenters. The third kappa shape index (κ3) is 3.36. The molecule has 3 aromatic rings. The number of rotatable bonds is 3. The Morgan fingerprint density at radius 2 is 1.79 bits per heavy atom. The Morgan fingerprint density at radius 3 is 2.39 bits per heavy atom. The van der Waals surface area contributed by atoms with Gasteiger partial charge in [0.05, 0.1) is 16.3 Å². The highest BCUT2D eigenvalue weighted by Crippen LogP contribution is 2.39. The standard InChI is InChI=1S/C18H14F3N3O3S/c19-18(20,21)17-10-14(16-9-11-3-1-2-4-15(11)27-16)24(23-17)12-5-7-13(8-6-12)28(22,25)26/h1-8,10,16H,9H2,(H2,22,25,26). The van der Waals surface area contributed by atoms with Crippen LogP contribution in [0.2, 0.25) is 0 Å². The molecule has 1 aromatic heterocycles. The SMILES string of the molecule is NS(=O)(=O)c1ccc(-n2nc(C(F)(F)F)cc2C2Cc3ccccc3O2)cc1. The number of sulfonamides is 1. The topological polar surface area (TPSA) is 87.2 Å². The summed E-state index contributed by atoms with van der Waals surface area (Å²) in [7, 11) is -3.92. The smallest absolute Gasteiger partial charge is 0.435 e. The minimum atomic E-state index is -4.63. The van der Waals surface area contributed by atoms with Gasteiger partial charge in [-0.3, -0.25) is 0 Å². The lowest BCUT2D eigenvalue weighted by Crippen LogP contribution is -2.13. The lowest BCUT2D eigenvalue weighted by molar-refractivity contribution is -0.141. The average Bonchev–Trinajstić information content (AvgIpc) is 3.25. The first-order chi connectivity index (χ1) is 13.1. The fourth-order valence-corrected chi connectivity index (χ4v) is 3.61. The number of hydrogen-bond donors (Lipinski definition) is 1. The molecule has 0 spiro atoms. The zero-order valence-corrected chi connectivity index (χ0v) is 15.0. The lowest BCUT2D eigenvalue weighted by atomic mass is 10.1. The van der Waals surface area contributed by atoms with Gasteiger partial charge in [0, 0.05) is 6.42 Å². The maximum atomic E-state index is 13.3. The molecule has 0 aliphatic carbocycles. The zero-order valence-electron chi connectivity index (χ0n) is 14.2. The number of halogens is 3. The summed E-state index contributed by atoms with van der Waals surface area (Å²) in [4.78, 5) is -0.148. The van der Waals surface area contributed by atoms with E-state index in [1.807, 2.05) is 12.1 Å². The molecule has 2 N–H and O–H groups in total. The molecule has 1 aliphatic heterocycles. The number of nitrogens with two attached hydrogens (primary N) is 1. The van der Waals surface area contributed by atoms with Crippen LogP contribution in [-0.2, 0) is 22.6 Å². The summed E-state index contributed by atoms with van der Waals surface area (Å²) >= 11 is 0. The van der Waals surface area contributed by atoms with Gasteiger partial charge in [0.1, 0.15) is 11.9 Å². The van der Waals surface area contributed by atoms with Crippen molar-refractivity contribution in [3.63, 3.8) is 0 Å². The van der Waals surface area contributed by atoms with E-state index in [1.54, 1.807) is 12.1 Å². The number of hydrogen-bond acceptors (Lipinski definition) is 4. The summed E-state index contributed by atoms with van der Waals surface area (Å²) in [6.07, 6.45) is -4.89. The molecule has 0 radical (unpaired) electrons. The van der Waals surface area contributed by atoms with Gasteiger partial charge in [-0.05, 0) is 42.0 Å². The number of fused-ring (bicyclic) bond motifs is 1. The van der Waals surface area contributed by atoms with E-state index in [9.17, 15) is 21.6 Å². The molecule has 146 valence electrons. The van der Waals surface area contributed by atoms with Gasteiger partial charge >= 0.3 is 6.18 Å². The van der Waals surface area contributed by atoms with Crippen LogP contribution in [0, 0.1) is 0 Å². The van der Waals surface area contributed by atoms with Crippen molar-refractivity contribution in [2.75, 3.05) is 0 Å². The molecule has 0 saturated heterocycles. The van der Waals surface area contributed by atoms with E-state index >= 15 is 0 Å². The summed E-state index contributed by atoms with van der Waals surface area (Å²) in [6, 6.07) is 13.3. The number of aromatic nitrogens is 2. The van der Waals surface area contributed by atoms with Crippen LogP contribution < -0.4 is 9.88 Å². The molecule has 0 fully saturated rings. The van der Waals surface area contributed by atoms with Gasteiger partial charge in [-0.15, -0.1) is 0 Å². The zero-order chi connectivity index (χ0) is 20.1. The quantitative estimate of drug-likeness (QED) is 0.720. The van der Waals surface area contributed by atoms with Crippen LogP contribution in [0.4, 0.5) is 13.2 Å². The number of para-hydroxylation sites is 1. The van der Waals surface area contributed by atoms with Crippen LogP contribution in [0.5, 0.6) is 5.75 Å². The van der Waals surface area contributed by atoms with Crippen molar-refractivity contribution in [3.05, 3.63) is 71.5 Å². The number of benzene rings is 2. The van der Waals surface area contributed by atoms with E-state index in [4.69, 9.17) is 9.88 Å². The molecule has 2 heterocycles. The molecule has 10 heteroatoms. The van der Waals surface area contributed by atoms with Crippen LogP contribution in [0.25, 0.3) is 5.69 Å². The summed E-state index contributed by atoms with van der Waals surface area (Å²) < 4.78 is 69.5. The van der Waals surface area contributed by atoms with E-state index in [1.165, 1.54) is 24.3 Å². The molecule has 0 amide bonds. The van der Waals surface area contributed by atoms with E-state index in [2.05, 4.69) is 5.10 Å². The van der Waals surface area contributed by atoms with Crippen molar-refractivity contribution < 1.29 is 26.3 Å². The van der Waals surface area contributed by atoms with E-state index < -0.39 is 28.0 Å². The first-order valence-electron chi connectivity index (χ1n) is 8.18. The highest BCUT2D eigenvalue weighted by atomic mass is 32.2. The first-order valence-corrected chi connectivity index (χ1v) is 9.72. The fraction of sp³-hybridized carbons (Fsp3) is 0.167. The Balaban J connectivity index is 1.78. The van der Waals surface area contributed by atoms with Crippen molar-refractivity contribution >= 4 is 10.0 Å². The average molecular weight is 409 g/mol. The first kappa shape index (κ1) is 18.5. The lowest BCUT2D eigenvalue weighted by Gasteiger charge is -2.13. The molecule has 1 unspecified atom stereocenters. The van der Waals surface area contributed by atoms with E-state index in [0.717, 1.165) is 16.3 Å². The minimum absolute atomic E-state index is 0.148. The largest absolute Gasteiger partial charge is 0.483 e. The normalized spacial score (nSPS) is 16.6. The maximum absolute atomic E-state index is 13.3. The summed E-state index contributed by atoms with van der Waals surface area (Å²) in [5, 5.41) is 8.75. The van der Waals surface area contributed by atoms with Crippen molar-refractivity contribution in [1.82, 2.24) is 9.78 Å². The predicted octanol–water partition coefficient (Wildman–Crippen LogP) is 3.21. The molecule has 2 aromatic carbocycles. The Kier molecular flexibility index (Phi) is 4.20. The van der Waals surface area contributed by atoms with Gasteiger partial charge < -0.3 is 4.74 Å². The molecule has 0 saturated carbocycles. The second-order valence-corrected chi connectivity index (χ2v) is 7.88. The van der Waals surface area contributed by atoms with Crippen molar-refractivity contribution in [2.24, 2.45) is 5.14 Å². The van der Waals surface area contributed by atoms with Crippen LogP contribution in [0.15, 0.2) is 59.5 Å². The van der Waals surface area contributed by atoms with Crippen LogP contribution in [-0.4, -0.2) is 18.2 Å².